The molecule has 0 N–H and O–H groups in total. The fraction of sp³-hybridized carbons (Fsp3) is 0.286. The number of hydrogen-bond acceptors (Lipinski definition) is 6. The van der Waals surface area contributed by atoms with Gasteiger partial charge in [0.25, 0.3) is 0 Å². The summed E-state index contributed by atoms with van der Waals surface area (Å²) >= 11 is 0. The number of esters is 2. The molecule has 48 heavy (non-hydrogen) atoms. The van der Waals surface area contributed by atoms with E-state index in [0.29, 0.717) is 69.3 Å². The lowest BCUT2D eigenvalue weighted by molar-refractivity contribution is -0.167. The summed E-state index contributed by atoms with van der Waals surface area (Å²) in [5.41, 5.74) is 2.08. The van der Waals surface area contributed by atoms with Crippen molar-refractivity contribution in [3.63, 3.8) is 0 Å². The SMILES string of the molecule is CCCC1(OC(=O)/C(C)=C/c2cccc3c2C(=O)c2ccccc2C3(CC)OC(=O)C(C)(C)C)c2ccccc2C(=O)c2ccccc21. The maximum atomic E-state index is 14.2. The van der Waals surface area contributed by atoms with Gasteiger partial charge in [-0.15, -0.1) is 0 Å². The number of fused-ring (bicyclic) bond motifs is 4. The van der Waals surface area contributed by atoms with Crippen molar-refractivity contribution in [2.75, 3.05) is 0 Å². The Morgan fingerprint density at radius 1 is 0.667 bits per heavy atom. The highest BCUT2D eigenvalue weighted by atomic mass is 16.6. The summed E-state index contributed by atoms with van der Waals surface area (Å²) in [7, 11) is 0. The van der Waals surface area contributed by atoms with Gasteiger partial charge in [-0.3, -0.25) is 14.4 Å². The van der Waals surface area contributed by atoms with Gasteiger partial charge in [0.2, 0.25) is 0 Å². The Morgan fingerprint density at radius 2 is 1.17 bits per heavy atom. The Labute approximate surface area is 281 Å². The van der Waals surface area contributed by atoms with Gasteiger partial charge in [0, 0.05) is 50.1 Å². The Kier molecular flexibility index (Phi) is 8.32. The van der Waals surface area contributed by atoms with Crippen LogP contribution in [0.5, 0.6) is 0 Å². The van der Waals surface area contributed by atoms with Gasteiger partial charge in [-0.2, -0.15) is 0 Å². The van der Waals surface area contributed by atoms with Crippen molar-refractivity contribution in [2.45, 2.75) is 72.0 Å². The third-order valence-electron chi connectivity index (χ3n) is 9.52. The maximum Gasteiger partial charge on any atom is 0.334 e. The van der Waals surface area contributed by atoms with Gasteiger partial charge in [0.05, 0.1) is 5.41 Å². The van der Waals surface area contributed by atoms with Gasteiger partial charge in [-0.05, 0) is 52.2 Å². The van der Waals surface area contributed by atoms with Crippen molar-refractivity contribution in [3.8, 4) is 0 Å². The number of ether oxygens (including phenoxy) is 2. The minimum absolute atomic E-state index is 0.0995. The molecule has 0 aromatic heterocycles. The van der Waals surface area contributed by atoms with Crippen LogP contribution in [0.15, 0.2) is 96.6 Å². The Bertz CT molecular complexity index is 1960. The van der Waals surface area contributed by atoms with Gasteiger partial charge in [0.15, 0.2) is 22.8 Å². The summed E-state index contributed by atoms with van der Waals surface area (Å²) in [6.45, 7) is 11.0. The molecule has 0 saturated carbocycles. The molecule has 1 atom stereocenters. The molecule has 2 aliphatic rings. The van der Waals surface area contributed by atoms with Crippen LogP contribution in [0.4, 0.5) is 0 Å². The lowest BCUT2D eigenvalue weighted by Gasteiger charge is -2.41. The highest BCUT2D eigenvalue weighted by Crippen LogP contribution is 2.48. The normalized spacial score (nSPS) is 17.8. The number of rotatable bonds is 7. The molecule has 1 unspecified atom stereocenters. The smallest absolute Gasteiger partial charge is 0.334 e. The van der Waals surface area contributed by atoms with Gasteiger partial charge in [-0.1, -0.05) is 111 Å². The predicted molar refractivity (Wildman–Crippen MR) is 185 cm³/mol. The first kappa shape index (κ1) is 32.8. The topological polar surface area (TPSA) is 86.7 Å². The number of benzene rings is 4. The van der Waals surface area contributed by atoms with E-state index in [1.165, 1.54) is 0 Å². The molecular weight excluding hydrogens is 600 g/mol. The molecule has 6 heteroatoms. The molecule has 0 bridgehead atoms. The summed E-state index contributed by atoms with van der Waals surface area (Å²) < 4.78 is 12.9. The highest BCUT2D eigenvalue weighted by Gasteiger charge is 2.48. The second-order valence-electron chi connectivity index (χ2n) is 13.7. The number of carbonyl (C=O) groups excluding carboxylic acids is 4. The molecule has 0 amide bonds. The van der Waals surface area contributed by atoms with Crippen LogP contribution in [0, 0.1) is 5.41 Å². The van der Waals surface area contributed by atoms with E-state index in [0.717, 1.165) is 0 Å². The number of hydrogen-bond donors (Lipinski definition) is 0. The molecule has 6 nitrogen and oxygen atoms in total. The van der Waals surface area contributed by atoms with Crippen molar-refractivity contribution < 1.29 is 28.7 Å². The van der Waals surface area contributed by atoms with E-state index in [9.17, 15) is 19.2 Å². The number of ketones is 2. The number of carbonyl (C=O) groups is 4. The van der Waals surface area contributed by atoms with Crippen LogP contribution in [-0.2, 0) is 30.3 Å². The summed E-state index contributed by atoms with van der Waals surface area (Å²) in [6, 6.07) is 27.3. The molecule has 244 valence electrons. The van der Waals surface area contributed by atoms with Crippen molar-refractivity contribution in [1.82, 2.24) is 0 Å². The average Bonchev–Trinajstić information content (AvgIpc) is 3.08. The third kappa shape index (κ3) is 5.11. The summed E-state index contributed by atoms with van der Waals surface area (Å²) in [5.74, 6) is -1.25. The molecule has 0 radical (unpaired) electrons. The Morgan fingerprint density at radius 3 is 1.69 bits per heavy atom. The summed E-state index contributed by atoms with van der Waals surface area (Å²) in [4.78, 5) is 55.3. The molecule has 6 rings (SSSR count). The zero-order valence-corrected chi connectivity index (χ0v) is 28.3. The molecule has 4 aromatic carbocycles. The van der Waals surface area contributed by atoms with Gasteiger partial charge in [0.1, 0.15) is 0 Å². The lowest BCUT2D eigenvalue weighted by atomic mass is 9.71. The molecule has 0 fully saturated rings. The van der Waals surface area contributed by atoms with E-state index >= 15 is 0 Å². The molecule has 2 aliphatic carbocycles. The zero-order valence-electron chi connectivity index (χ0n) is 28.3. The molecule has 0 heterocycles. The molecule has 0 saturated heterocycles. The molecular formula is C42H40O6. The van der Waals surface area contributed by atoms with Crippen LogP contribution in [-0.4, -0.2) is 23.5 Å². The van der Waals surface area contributed by atoms with E-state index in [1.807, 2.05) is 74.5 Å². The van der Waals surface area contributed by atoms with Crippen LogP contribution < -0.4 is 0 Å². The third-order valence-corrected chi connectivity index (χ3v) is 9.52. The average molecular weight is 641 g/mol. The zero-order chi connectivity index (χ0) is 34.4. The van der Waals surface area contributed by atoms with Crippen LogP contribution in [0.3, 0.4) is 0 Å². The van der Waals surface area contributed by atoms with Crippen LogP contribution in [0.1, 0.15) is 120 Å². The van der Waals surface area contributed by atoms with Crippen molar-refractivity contribution in [3.05, 3.63) is 147 Å². The van der Waals surface area contributed by atoms with Gasteiger partial charge >= 0.3 is 11.9 Å². The van der Waals surface area contributed by atoms with Crippen LogP contribution in [0.2, 0.25) is 0 Å². The fourth-order valence-corrected chi connectivity index (χ4v) is 7.14. The Balaban J connectivity index is 1.47. The second kappa shape index (κ2) is 12.2. The fourth-order valence-electron chi connectivity index (χ4n) is 7.14. The van der Waals surface area contributed by atoms with E-state index < -0.39 is 22.6 Å². The van der Waals surface area contributed by atoms with Crippen LogP contribution >= 0.6 is 0 Å². The van der Waals surface area contributed by atoms with Crippen LogP contribution in [0.25, 0.3) is 6.08 Å². The van der Waals surface area contributed by atoms with E-state index in [1.54, 1.807) is 64.1 Å². The maximum absolute atomic E-state index is 14.2. The van der Waals surface area contributed by atoms with E-state index in [2.05, 4.69) is 0 Å². The molecule has 4 aromatic rings. The van der Waals surface area contributed by atoms with E-state index in [4.69, 9.17) is 9.47 Å². The first-order valence-corrected chi connectivity index (χ1v) is 16.6. The standard InChI is InChI=1S/C42H40O6/c1-7-24-42(32-21-13-9-17-28(32)36(43)29-18-10-14-22-33(29)42)47-38(45)26(3)25-27-16-15-23-34-35(27)37(44)30-19-11-12-20-31(30)41(34,8-2)48-39(46)40(4,5)6/h9-23,25H,7-8,24H2,1-6H3/b26-25+. The second-order valence-corrected chi connectivity index (χ2v) is 13.7. The first-order chi connectivity index (χ1) is 22.9. The minimum Gasteiger partial charge on any atom is -0.449 e. The van der Waals surface area contributed by atoms with Gasteiger partial charge in [-0.25, -0.2) is 4.79 Å². The van der Waals surface area contributed by atoms with E-state index in [-0.39, 0.29) is 23.1 Å². The monoisotopic (exact) mass is 640 g/mol. The van der Waals surface area contributed by atoms with Gasteiger partial charge < -0.3 is 9.47 Å². The van der Waals surface area contributed by atoms with Crippen molar-refractivity contribution in [1.29, 1.82) is 0 Å². The minimum atomic E-state index is -1.20. The quantitative estimate of drug-likeness (QED) is 0.148. The largest absolute Gasteiger partial charge is 0.449 e. The van der Waals surface area contributed by atoms with Crippen molar-refractivity contribution in [2.24, 2.45) is 5.41 Å². The highest BCUT2D eigenvalue weighted by molar-refractivity contribution is 6.16. The molecule has 0 aliphatic heterocycles. The van der Waals surface area contributed by atoms with Crippen molar-refractivity contribution >= 4 is 29.6 Å². The Hall–Kier alpha value is -5.10. The molecule has 0 spiro atoms. The first-order valence-electron chi connectivity index (χ1n) is 16.6. The predicted octanol–water partition coefficient (Wildman–Crippen LogP) is 8.71. The lowest BCUT2D eigenvalue weighted by Crippen LogP contribution is -2.42. The summed E-state index contributed by atoms with van der Waals surface area (Å²) in [5, 5.41) is 0. The summed E-state index contributed by atoms with van der Waals surface area (Å²) in [6.07, 6.45) is 3.24.